The van der Waals surface area contributed by atoms with Gasteiger partial charge in [0.05, 0.1) is 22.2 Å². The Labute approximate surface area is 149 Å². The Morgan fingerprint density at radius 1 is 1.28 bits per heavy atom. The Morgan fingerprint density at radius 2 is 2.12 bits per heavy atom. The van der Waals surface area contributed by atoms with Crippen LogP contribution >= 0.6 is 11.3 Å². The summed E-state index contributed by atoms with van der Waals surface area (Å²) in [5, 5.41) is 12.4. The van der Waals surface area contributed by atoms with Crippen molar-refractivity contribution in [2.45, 2.75) is 26.7 Å². The number of esters is 1. The quantitative estimate of drug-likeness (QED) is 0.587. The average molecular weight is 354 g/mol. The Bertz CT molecular complexity index is 996. The van der Waals surface area contributed by atoms with E-state index in [2.05, 4.69) is 17.3 Å². The Morgan fingerprint density at radius 3 is 2.92 bits per heavy atom. The molecule has 0 atom stereocenters. The summed E-state index contributed by atoms with van der Waals surface area (Å²) in [4.78, 5) is 17.7. The van der Waals surface area contributed by atoms with Crippen LogP contribution in [0, 0.1) is 0 Å². The van der Waals surface area contributed by atoms with Crippen molar-refractivity contribution in [3.63, 3.8) is 0 Å². The van der Waals surface area contributed by atoms with E-state index in [-0.39, 0.29) is 5.97 Å². The van der Waals surface area contributed by atoms with Gasteiger partial charge >= 0.3 is 5.97 Å². The summed E-state index contributed by atoms with van der Waals surface area (Å²) in [6.07, 6.45) is 2.06. The Balaban J connectivity index is 1.99. The molecule has 0 fully saturated rings. The van der Waals surface area contributed by atoms with E-state index in [1.807, 2.05) is 29.3 Å². The first-order valence-corrected chi connectivity index (χ1v) is 9.27. The van der Waals surface area contributed by atoms with Gasteiger partial charge in [0.25, 0.3) is 0 Å². The molecule has 0 aliphatic carbocycles. The van der Waals surface area contributed by atoms with Crippen molar-refractivity contribution in [1.29, 1.82) is 0 Å². The molecule has 3 heterocycles. The molecule has 4 rings (SSSR count). The number of fused-ring (bicyclic) bond motifs is 2. The van der Waals surface area contributed by atoms with Crippen molar-refractivity contribution in [2.24, 2.45) is 10.3 Å². The molecular formula is C18H18N4O2S. The zero-order chi connectivity index (χ0) is 17.4. The van der Waals surface area contributed by atoms with Gasteiger partial charge in [-0.2, -0.15) is 0 Å². The number of thiophene rings is 1. The molecule has 25 heavy (non-hydrogen) atoms. The second kappa shape index (κ2) is 6.40. The fourth-order valence-electron chi connectivity index (χ4n) is 2.97. The van der Waals surface area contributed by atoms with Crippen molar-refractivity contribution < 1.29 is 9.53 Å². The number of unbranched alkanes of at least 4 members (excludes halogenated alkanes) is 1. The summed E-state index contributed by atoms with van der Waals surface area (Å²) in [7, 11) is 0. The highest BCUT2D eigenvalue weighted by atomic mass is 32.1. The number of hydrogen-bond donors (Lipinski definition) is 0. The fraction of sp³-hybridized carbons (Fsp3) is 0.333. The van der Waals surface area contributed by atoms with Crippen molar-refractivity contribution in [3.05, 3.63) is 29.1 Å². The van der Waals surface area contributed by atoms with Crippen molar-refractivity contribution in [1.82, 2.24) is 4.98 Å². The summed E-state index contributed by atoms with van der Waals surface area (Å²) in [5.41, 5.74) is 1.48. The molecule has 7 heteroatoms. The molecule has 0 radical (unpaired) electrons. The molecular weight excluding hydrogens is 336 g/mol. The smallest absolute Gasteiger partial charge is 0.350 e. The molecule has 2 aromatic heterocycles. The minimum Gasteiger partial charge on any atom is -0.462 e. The van der Waals surface area contributed by atoms with Crippen LogP contribution in [0.3, 0.4) is 0 Å². The molecule has 0 bridgehead atoms. The molecule has 0 amide bonds. The molecule has 1 aromatic carbocycles. The molecule has 0 N–H and O–H groups in total. The topological polar surface area (TPSA) is 67.2 Å². The monoisotopic (exact) mass is 354 g/mol. The van der Waals surface area contributed by atoms with Gasteiger partial charge in [-0.05, 0) is 19.4 Å². The normalized spacial score (nSPS) is 13.0. The first kappa shape index (κ1) is 16.0. The van der Waals surface area contributed by atoms with E-state index in [1.165, 1.54) is 11.3 Å². The summed E-state index contributed by atoms with van der Waals surface area (Å²) >= 11 is 1.41. The van der Waals surface area contributed by atoms with Gasteiger partial charge in [0.1, 0.15) is 10.6 Å². The van der Waals surface area contributed by atoms with E-state index in [1.54, 1.807) is 6.92 Å². The number of aromatic nitrogens is 1. The molecule has 0 saturated heterocycles. The maximum absolute atomic E-state index is 12.4. The fourth-order valence-corrected chi connectivity index (χ4v) is 4.13. The molecule has 0 spiro atoms. The van der Waals surface area contributed by atoms with Crippen molar-refractivity contribution in [2.75, 3.05) is 18.2 Å². The zero-order valence-electron chi connectivity index (χ0n) is 14.2. The van der Waals surface area contributed by atoms with Gasteiger partial charge in [0, 0.05) is 11.9 Å². The van der Waals surface area contributed by atoms with E-state index >= 15 is 0 Å². The predicted molar refractivity (Wildman–Crippen MR) is 99.9 cm³/mol. The lowest BCUT2D eigenvalue weighted by Gasteiger charge is -2.21. The molecule has 1 aliphatic heterocycles. The minimum absolute atomic E-state index is 0.331. The summed E-state index contributed by atoms with van der Waals surface area (Å²) in [6, 6.07) is 7.96. The molecule has 1 aliphatic rings. The second-order valence-electron chi connectivity index (χ2n) is 5.82. The first-order valence-electron chi connectivity index (χ1n) is 8.46. The van der Waals surface area contributed by atoms with Crippen LogP contribution < -0.4 is 5.01 Å². The molecule has 128 valence electrons. The van der Waals surface area contributed by atoms with E-state index in [4.69, 9.17) is 9.72 Å². The molecule has 3 aromatic rings. The van der Waals surface area contributed by atoms with Gasteiger partial charge in [-0.1, -0.05) is 36.8 Å². The number of para-hydroxylation sites is 1. The van der Waals surface area contributed by atoms with Gasteiger partial charge in [0.2, 0.25) is 0 Å². The zero-order valence-corrected chi connectivity index (χ0v) is 15.0. The van der Waals surface area contributed by atoms with Crippen LogP contribution in [0.1, 0.15) is 36.4 Å². The highest BCUT2D eigenvalue weighted by Crippen LogP contribution is 2.48. The number of nitrogens with zero attached hydrogens (tertiary/aromatic N) is 4. The maximum Gasteiger partial charge on any atom is 0.350 e. The molecule has 6 nitrogen and oxygen atoms in total. The van der Waals surface area contributed by atoms with Crippen LogP contribution in [-0.2, 0) is 4.74 Å². The van der Waals surface area contributed by atoms with Gasteiger partial charge < -0.3 is 4.74 Å². The van der Waals surface area contributed by atoms with Gasteiger partial charge in [-0.15, -0.1) is 16.5 Å². The van der Waals surface area contributed by atoms with E-state index in [0.717, 1.165) is 46.2 Å². The standard InChI is InChI=1S/C18H18N4O2S/c1-3-5-10-22-17-13-14(20-21-22)16(18(23)24-4-2)25-15(13)11-8-6-7-9-12(11)19-17/h6-9H,3-5,10H2,1-2H3. The summed E-state index contributed by atoms with van der Waals surface area (Å²) in [5.74, 6) is 0.425. The number of ether oxygens (including phenoxy) is 1. The second-order valence-corrected chi connectivity index (χ2v) is 6.84. The van der Waals surface area contributed by atoms with Gasteiger partial charge in [-0.25, -0.2) is 14.8 Å². The highest BCUT2D eigenvalue weighted by Gasteiger charge is 2.29. The Kier molecular flexibility index (Phi) is 4.09. The number of rotatable bonds is 5. The van der Waals surface area contributed by atoms with Crippen LogP contribution in [-0.4, -0.2) is 24.1 Å². The lowest BCUT2D eigenvalue weighted by Crippen LogP contribution is -2.20. The third-order valence-corrected chi connectivity index (χ3v) is 5.36. The van der Waals surface area contributed by atoms with Crippen LogP contribution in [0.2, 0.25) is 0 Å². The number of pyridine rings is 1. The van der Waals surface area contributed by atoms with E-state index < -0.39 is 0 Å². The average Bonchev–Trinajstić information content (AvgIpc) is 3.02. The van der Waals surface area contributed by atoms with E-state index in [0.29, 0.717) is 17.2 Å². The number of anilines is 1. The predicted octanol–water partition coefficient (Wildman–Crippen LogP) is 5.25. The van der Waals surface area contributed by atoms with Crippen LogP contribution in [0.5, 0.6) is 0 Å². The molecule has 0 unspecified atom stereocenters. The Hall–Kier alpha value is -2.54. The molecule has 0 saturated carbocycles. The summed E-state index contributed by atoms with van der Waals surface area (Å²) in [6.45, 7) is 5.02. The van der Waals surface area contributed by atoms with E-state index in [9.17, 15) is 4.79 Å². The first-order chi connectivity index (χ1) is 12.2. The van der Waals surface area contributed by atoms with Crippen LogP contribution in [0.15, 0.2) is 34.6 Å². The number of carbonyl (C=O) groups excluding carboxylic acids is 1. The number of carbonyl (C=O) groups is 1. The number of hydrogen-bond acceptors (Lipinski definition) is 7. The van der Waals surface area contributed by atoms with Crippen LogP contribution in [0.25, 0.3) is 21.0 Å². The minimum atomic E-state index is -0.352. The lowest BCUT2D eigenvalue weighted by atomic mass is 10.1. The van der Waals surface area contributed by atoms with Crippen LogP contribution in [0.4, 0.5) is 11.5 Å². The van der Waals surface area contributed by atoms with Gasteiger partial charge in [-0.3, -0.25) is 0 Å². The third-order valence-electron chi connectivity index (χ3n) is 4.16. The number of benzene rings is 1. The lowest BCUT2D eigenvalue weighted by molar-refractivity contribution is 0.0533. The summed E-state index contributed by atoms with van der Waals surface area (Å²) < 4.78 is 6.22. The van der Waals surface area contributed by atoms with Crippen molar-refractivity contribution >= 4 is 49.8 Å². The van der Waals surface area contributed by atoms with Gasteiger partial charge in [0.15, 0.2) is 5.82 Å². The highest BCUT2D eigenvalue weighted by molar-refractivity contribution is 7.22. The maximum atomic E-state index is 12.4. The largest absolute Gasteiger partial charge is 0.462 e. The third kappa shape index (κ3) is 2.55. The SMILES string of the molecule is CCCCN1N=Nc2c(C(=O)OCC)sc3c2c1nc1ccccc13. The van der Waals surface area contributed by atoms with Crippen molar-refractivity contribution in [3.8, 4) is 0 Å².